The van der Waals surface area contributed by atoms with Gasteiger partial charge in [0.15, 0.2) is 0 Å². The quantitative estimate of drug-likeness (QED) is 0.777. The Morgan fingerprint density at radius 3 is 2.61 bits per heavy atom. The number of hydrogen-bond acceptors (Lipinski definition) is 4. The van der Waals surface area contributed by atoms with Gasteiger partial charge in [-0.2, -0.15) is 0 Å². The minimum Gasteiger partial charge on any atom is -0.469 e. The molecule has 6 heteroatoms. The minimum absolute atomic E-state index is 0. The summed E-state index contributed by atoms with van der Waals surface area (Å²) in [5.74, 6) is -0.309. The van der Waals surface area contributed by atoms with Crippen LogP contribution in [0.1, 0.15) is 33.1 Å². The van der Waals surface area contributed by atoms with E-state index in [0.717, 1.165) is 6.42 Å². The number of esters is 1. The molecular weight excluding hydrogens is 256 g/mol. The Kier molecular flexibility index (Phi) is 6.63. The monoisotopic (exact) mass is 278 g/mol. The number of amides is 1. The maximum atomic E-state index is 12.0. The van der Waals surface area contributed by atoms with Crippen LogP contribution in [0, 0.1) is 5.41 Å². The minimum atomic E-state index is -0.573. The predicted octanol–water partition coefficient (Wildman–Crippen LogP) is 0.947. The van der Waals surface area contributed by atoms with Gasteiger partial charge in [-0.1, -0.05) is 13.3 Å². The maximum Gasteiger partial charge on any atom is 0.313 e. The number of carbonyl (C=O) groups excluding carboxylic acids is 2. The first-order chi connectivity index (χ1) is 7.94. The van der Waals surface area contributed by atoms with E-state index in [1.54, 1.807) is 4.90 Å². The molecule has 0 radical (unpaired) electrons. The van der Waals surface area contributed by atoms with E-state index in [2.05, 4.69) is 0 Å². The molecule has 0 bridgehead atoms. The van der Waals surface area contributed by atoms with Crippen molar-refractivity contribution in [3.63, 3.8) is 0 Å². The van der Waals surface area contributed by atoms with E-state index in [0.29, 0.717) is 25.9 Å². The third-order valence-corrected chi connectivity index (χ3v) is 3.38. The summed E-state index contributed by atoms with van der Waals surface area (Å²) < 4.78 is 4.77. The van der Waals surface area contributed by atoms with Gasteiger partial charge in [0.25, 0.3) is 0 Å². The van der Waals surface area contributed by atoms with Crippen molar-refractivity contribution in [1.29, 1.82) is 0 Å². The van der Waals surface area contributed by atoms with Crippen molar-refractivity contribution < 1.29 is 14.3 Å². The van der Waals surface area contributed by atoms with Gasteiger partial charge in [0.05, 0.1) is 18.6 Å². The molecule has 1 aliphatic heterocycles. The number of nitrogens with two attached hydrogens (primary N) is 1. The van der Waals surface area contributed by atoms with Crippen LogP contribution in [0.3, 0.4) is 0 Å². The summed E-state index contributed by atoms with van der Waals surface area (Å²) in [7, 11) is 1.38. The number of halogens is 1. The van der Waals surface area contributed by atoms with E-state index in [1.165, 1.54) is 7.11 Å². The summed E-state index contributed by atoms with van der Waals surface area (Å²) in [6.07, 6.45) is 2.21. The molecule has 1 rings (SSSR count). The maximum absolute atomic E-state index is 12.0. The fourth-order valence-electron chi connectivity index (χ4n) is 2.23. The van der Waals surface area contributed by atoms with Crippen LogP contribution in [0.25, 0.3) is 0 Å². The molecule has 1 saturated heterocycles. The van der Waals surface area contributed by atoms with Gasteiger partial charge in [-0.25, -0.2) is 0 Å². The molecule has 0 aliphatic carbocycles. The van der Waals surface area contributed by atoms with Gasteiger partial charge in [-0.05, 0) is 19.8 Å². The van der Waals surface area contributed by atoms with E-state index in [9.17, 15) is 9.59 Å². The van der Waals surface area contributed by atoms with E-state index in [-0.39, 0.29) is 24.3 Å². The Labute approximate surface area is 114 Å². The predicted molar refractivity (Wildman–Crippen MR) is 71.5 cm³/mol. The van der Waals surface area contributed by atoms with E-state index in [4.69, 9.17) is 10.5 Å². The Morgan fingerprint density at radius 1 is 1.50 bits per heavy atom. The molecular formula is C12H23ClN2O3. The number of rotatable bonds is 4. The highest BCUT2D eigenvalue weighted by molar-refractivity contribution is 5.85. The highest BCUT2D eigenvalue weighted by atomic mass is 35.5. The Bertz CT molecular complexity index is 312. The van der Waals surface area contributed by atoms with Crippen molar-refractivity contribution in [2.24, 2.45) is 11.1 Å². The topological polar surface area (TPSA) is 72.6 Å². The average Bonchev–Trinajstić information content (AvgIpc) is 2.71. The first-order valence-corrected chi connectivity index (χ1v) is 6.07. The first-order valence-electron chi connectivity index (χ1n) is 6.07. The number of ether oxygens (including phenoxy) is 1. The second-order valence-electron chi connectivity index (χ2n) is 4.96. The lowest BCUT2D eigenvalue weighted by Crippen LogP contribution is -2.44. The van der Waals surface area contributed by atoms with E-state index in [1.807, 2.05) is 13.8 Å². The highest BCUT2D eigenvalue weighted by Crippen LogP contribution is 2.31. The molecule has 1 fully saturated rings. The average molecular weight is 279 g/mol. The van der Waals surface area contributed by atoms with Crippen molar-refractivity contribution >= 4 is 24.3 Å². The number of hydrogen-bond donors (Lipinski definition) is 1. The van der Waals surface area contributed by atoms with E-state index >= 15 is 0 Å². The number of carbonyl (C=O) groups is 2. The van der Waals surface area contributed by atoms with Crippen LogP contribution < -0.4 is 5.73 Å². The fourth-order valence-corrected chi connectivity index (χ4v) is 2.23. The SMILES string of the molecule is CCCC(N)C(=O)N1CCC(C)(C(=O)OC)C1.Cl. The van der Waals surface area contributed by atoms with Crippen molar-refractivity contribution in [2.75, 3.05) is 20.2 Å². The number of likely N-dealkylation sites (tertiary alicyclic amines) is 1. The zero-order valence-electron chi connectivity index (χ0n) is 11.3. The van der Waals surface area contributed by atoms with Crippen LogP contribution in [-0.4, -0.2) is 43.0 Å². The lowest BCUT2D eigenvalue weighted by atomic mass is 9.90. The van der Waals surface area contributed by atoms with Crippen molar-refractivity contribution in [3.05, 3.63) is 0 Å². The Balaban J connectivity index is 0.00000289. The van der Waals surface area contributed by atoms with Crippen LogP contribution in [0.2, 0.25) is 0 Å². The fraction of sp³-hybridized carbons (Fsp3) is 0.833. The van der Waals surface area contributed by atoms with Crippen molar-refractivity contribution in [2.45, 2.75) is 39.2 Å². The Morgan fingerprint density at radius 2 is 2.11 bits per heavy atom. The number of methoxy groups -OCH3 is 1. The number of nitrogens with zero attached hydrogens (tertiary/aromatic N) is 1. The summed E-state index contributed by atoms with van der Waals surface area (Å²) in [5.41, 5.74) is 5.22. The zero-order valence-corrected chi connectivity index (χ0v) is 12.1. The van der Waals surface area contributed by atoms with Crippen molar-refractivity contribution in [1.82, 2.24) is 4.90 Å². The van der Waals surface area contributed by atoms with Gasteiger partial charge in [-0.3, -0.25) is 9.59 Å². The molecule has 0 spiro atoms. The van der Waals surface area contributed by atoms with Crippen LogP contribution >= 0.6 is 12.4 Å². The molecule has 2 atom stereocenters. The highest BCUT2D eigenvalue weighted by Gasteiger charge is 2.43. The van der Waals surface area contributed by atoms with Gasteiger partial charge in [0, 0.05) is 13.1 Å². The molecule has 0 saturated carbocycles. The third kappa shape index (κ3) is 3.59. The van der Waals surface area contributed by atoms with Crippen LogP contribution in [0.4, 0.5) is 0 Å². The summed E-state index contributed by atoms with van der Waals surface area (Å²) >= 11 is 0. The summed E-state index contributed by atoms with van der Waals surface area (Å²) in [4.78, 5) is 25.3. The molecule has 1 amide bonds. The zero-order chi connectivity index (χ0) is 13.1. The first kappa shape index (κ1) is 17.2. The second kappa shape index (κ2) is 6.95. The molecule has 1 heterocycles. The van der Waals surface area contributed by atoms with Crippen molar-refractivity contribution in [3.8, 4) is 0 Å². The van der Waals surface area contributed by atoms with Gasteiger partial charge in [-0.15, -0.1) is 12.4 Å². The molecule has 0 aromatic carbocycles. The van der Waals surface area contributed by atoms with E-state index < -0.39 is 11.5 Å². The smallest absolute Gasteiger partial charge is 0.313 e. The molecule has 106 valence electrons. The van der Waals surface area contributed by atoms with Gasteiger partial charge in [0.2, 0.25) is 5.91 Å². The Hall–Kier alpha value is -0.810. The molecule has 2 unspecified atom stereocenters. The van der Waals surface area contributed by atoms with Gasteiger partial charge >= 0.3 is 5.97 Å². The summed E-state index contributed by atoms with van der Waals surface area (Å²) in [5, 5.41) is 0. The standard InChI is InChI=1S/C12H22N2O3.ClH/c1-4-5-9(13)10(15)14-7-6-12(2,8-14)11(16)17-3;/h9H,4-8,13H2,1-3H3;1H. The molecule has 1 aliphatic rings. The molecule has 0 aromatic rings. The van der Waals surface area contributed by atoms with Crippen LogP contribution in [0.5, 0.6) is 0 Å². The lowest BCUT2D eigenvalue weighted by Gasteiger charge is -2.23. The summed E-state index contributed by atoms with van der Waals surface area (Å²) in [6, 6.07) is -0.444. The van der Waals surface area contributed by atoms with Gasteiger partial charge < -0.3 is 15.4 Å². The molecule has 2 N–H and O–H groups in total. The second-order valence-corrected chi connectivity index (χ2v) is 4.96. The third-order valence-electron chi connectivity index (χ3n) is 3.38. The van der Waals surface area contributed by atoms with Crippen LogP contribution in [0.15, 0.2) is 0 Å². The largest absolute Gasteiger partial charge is 0.469 e. The molecule has 18 heavy (non-hydrogen) atoms. The van der Waals surface area contributed by atoms with Gasteiger partial charge in [0.1, 0.15) is 0 Å². The normalized spacial score (nSPS) is 24.3. The molecule has 5 nitrogen and oxygen atoms in total. The molecule has 0 aromatic heterocycles. The van der Waals surface area contributed by atoms with Crippen LogP contribution in [-0.2, 0) is 14.3 Å². The lowest BCUT2D eigenvalue weighted by molar-refractivity contribution is -0.151. The summed E-state index contributed by atoms with van der Waals surface area (Å²) in [6.45, 7) is 4.82.